The molecule has 0 unspecified atom stereocenters. The van der Waals surface area contributed by atoms with Crippen molar-refractivity contribution in [3.05, 3.63) is 35.4 Å². The molecule has 1 aromatic carbocycles. The van der Waals surface area contributed by atoms with Gasteiger partial charge in [0.2, 0.25) is 9.70 Å². The summed E-state index contributed by atoms with van der Waals surface area (Å²) in [5.41, 5.74) is 0.892. The van der Waals surface area contributed by atoms with E-state index in [2.05, 4.69) is 5.32 Å². The van der Waals surface area contributed by atoms with Crippen LogP contribution >= 0.6 is 34.8 Å². The third-order valence-corrected chi connectivity index (χ3v) is 4.64. The summed E-state index contributed by atoms with van der Waals surface area (Å²) in [6.45, 7) is 0.352. The Kier molecular flexibility index (Phi) is 7.29. The van der Waals surface area contributed by atoms with Gasteiger partial charge in [-0.1, -0.05) is 59.8 Å². The molecule has 1 heterocycles. The highest BCUT2D eigenvalue weighted by Gasteiger charge is 2.34. The molecule has 26 heavy (non-hydrogen) atoms. The van der Waals surface area contributed by atoms with Crippen molar-refractivity contribution in [3.8, 4) is 0 Å². The van der Waals surface area contributed by atoms with Crippen LogP contribution in [0, 0.1) is 0 Å². The molecule has 1 atom stereocenters. The van der Waals surface area contributed by atoms with Crippen molar-refractivity contribution in [2.24, 2.45) is 0 Å². The minimum absolute atomic E-state index is 0.185. The van der Waals surface area contributed by atoms with E-state index in [0.29, 0.717) is 30.5 Å². The van der Waals surface area contributed by atoms with E-state index >= 15 is 0 Å². The molecule has 142 valence electrons. The minimum atomic E-state index is -1.97. The number of fused-ring (bicyclic) bond motifs is 1. The van der Waals surface area contributed by atoms with Crippen molar-refractivity contribution in [2.45, 2.75) is 42.1 Å². The summed E-state index contributed by atoms with van der Waals surface area (Å²) in [4.78, 5) is 37.3. The van der Waals surface area contributed by atoms with Crippen LogP contribution in [-0.4, -0.2) is 44.3 Å². The highest BCUT2D eigenvalue weighted by Crippen LogP contribution is 2.29. The second kappa shape index (κ2) is 9.04. The standard InChI is InChI=1S/C17H19Cl3N2O4/c18-17(19,20)16(26)21-13(23)9-3-1-2-6-10-22-14(24)11-7-4-5-8-12(11)15(22)25/h4-5,7-8,16,26H,1-3,6,9-10H2,(H,21,23)/t16-/m0/s1. The number of halogens is 3. The number of aliphatic hydroxyl groups is 1. The topological polar surface area (TPSA) is 86.7 Å². The van der Waals surface area contributed by atoms with E-state index in [1.54, 1.807) is 24.3 Å². The molecule has 0 aromatic heterocycles. The van der Waals surface area contributed by atoms with Gasteiger partial charge in [0.25, 0.3) is 11.8 Å². The van der Waals surface area contributed by atoms with Gasteiger partial charge in [0.05, 0.1) is 11.1 Å². The molecule has 2 rings (SSSR count). The van der Waals surface area contributed by atoms with Crippen LogP contribution in [0.15, 0.2) is 24.3 Å². The van der Waals surface area contributed by atoms with Gasteiger partial charge in [0.1, 0.15) is 0 Å². The van der Waals surface area contributed by atoms with Gasteiger partial charge >= 0.3 is 0 Å². The zero-order valence-corrected chi connectivity index (χ0v) is 16.2. The number of unbranched alkanes of at least 4 members (excludes halogenated alkanes) is 3. The number of hydrogen-bond donors (Lipinski definition) is 2. The summed E-state index contributed by atoms with van der Waals surface area (Å²) in [6.07, 6.45) is 1.36. The van der Waals surface area contributed by atoms with Crippen molar-refractivity contribution in [1.82, 2.24) is 10.2 Å². The zero-order chi connectivity index (χ0) is 19.3. The predicted molar refractivity (Wildman–Crippen MR) is 99.3 cm³/mol. The number of amides is 3. The van der Waals surface area contributed by atoms with Crippen molar-refractivity contribution in [1.29, 1.82) is 0 Å². The monoisotopic (exact) mass is 420 g/mol. The van der Waals surface area contributed by atoms with Gasteiger partial charge < -0.3 is 10.4 Å². The first-order valence-corrected chi connectivity index (χ1v) is 9.34. The van der Waals surface area contributed by atoms with Crippen molar-refractivity contribution >= 4 is 52.5 Å². The van der Waals surface area contributed by atoms with E-state index in [1.807, 2.05) is 0 Å². The molecular formula is C17H19Cl3N2O4. The Morgan fingerprint density at radius 3 is 2.12 bits per heavy atom. The van der Waals surface area contributed by atoms with E-state index in [1.165, 1.54) is 4.90 Å². The molecule has 2 N–H and O–H groups in total. The zero-order valence-electron chi connectivity index (χ0n) is 13.9. The van der Waals surface area contributed by atoms with Crippen LogP contribution in [0.5, 0.6) is 0 Å². The number of aliphatic hydroxyl groups excluding tert-OH is 1. The number of alkyl halides is 3. The van der Waals surface area contributed by atoms with Crippen molar-refractivity contribution < 1.29 is 19.5 Å². The molecular weight excluding hydrogens is 403 g/mol. The molecule has 1 aromatic rings. The minimum Gasteiger partial charge on any atom is -0.369 e. The molecule has 0 aliphatic carbocycles. The maximum Gasteiger partial charge on any atom is 0.261 e. The summed E-state index contributed by atoms with van der Waals surface area (Å²) in [6, 6.07) is 6.77. The highest BCUT2D eigenvalue weighted by atomic mass is 35.6. The number of imide groups is 1. The molecule has 3 amide bonds. The quantitative estimate of drug-likeness (QED) is 0.292. The van der Waals surface area contributed by atoms with Crippen LogP contribution in [-0.2, 0) is 4.79 Å². The Balaban J connectivity index is 1.64. The number of benzene rings is 1. The average Bonchev–Trinajstić information content (AvgIpc) is 2.82. The number of nitrogens with one attached hydrogen (secondary N) is 1. The van der Waals surface area contributed by atoms with E-state index in [-0.39, 0.29) is 18.2 Å². The summed E-state index contributed by atoms with van der Waals surface area (Å²) < 4.78 is -1.97. The molecule has 0 spiro atoms. The molecule has 0 saturated carbocycles. The Morgan fingerprint density at radius 1 is 1.04 bits per heavy atom. The first kappa shape index (κ1) is 21.0. The summed E-state index contributed by atoms with van der Waals surface area (Å²) in [7, 11) is 0. The molecule has 0 bridgehead atoms. The number of carbonyl (C=O) groups is 3. The van der Waals surface area contributed by atoms with Gasteiger partial charge in [-0.25, -0.2) is 0 Å². The predicted octanol–water partition coefficient (Wildman–Crippen LogP) is 3.04. The van der Waals surface area contributed by atoms with Gasteiger partial charge in [-0.15, -0.1) is 0 Å². The highest BCUT2D eigenvalue weighted by molar-refractivity contribution is 6.68. The number of nitrogens with zero attached hydrogens (tertiary/aromatic N) is 1. The third kappa shape index (κ3) is 5.33. The summed E-state index contributed by atoms with van der Waals surface area (Å²) in [5.74, 6) is -0.930. The van der Waals surface area contributed by atoms with E-state index in [0.717, 1.165) is 12.8 Å². The van der Waals surface area contributed by atoms with Crippen LogP contribution in [0.2, 0.25) is 0 Å². The summed E-state index contributed by atoms with van der Waals surface area (Å²) in [5, 5.41) is 11.6. The number of carbonyl (C=O) groups excluding carboxylic acids is 3. The van der Waals surface area contributed by atoms with Crippen LogP contribution in [0.1, 0.15) is 52.8 Å². The lowest BCUT2D eigenvalue weighted by Gasteiger charge is -2.19. The Labute approximate surface area is 166 Å². The Hall–Kier alpha value is -1.34. The number of hydrogen-bond acceptors (Lipinski definition) is 4. The Morgan fingerprint density at radius 2 is 1.58 bits per heavy atom. The van der Waals surface area contributed by atoms with Crippen molar-refractivity contribution in [2.75, 3.05) is 6.54 Å². The van der Waals surface area contributed by atoms with Crippen molar-refractivity contribution in [3.63, 3.8) is 0 Å². The lowest BCUT2D eigenvalue weighted by atomic mass is 10.1. The van der Waals surface area contributed by atoms with Crippen LogP contribution in [0.4, 0.5) is 0 Å². The van der Waals surface area contributed by atoms with Crippen LogP contribution in [0.25, 0.3) is 0 Å². The number of rotatable bonds is 8. The van der Waals surface area contributed by atoms with Gasteiger partial charge in [0, 0.05) is 13.0 Å². The molecule has 0 radical (unpaired) electrons. The second-order valence-corrected chi connectivity index (χ2v) is 8.35. The molecule has 1 aliphatic heterocycles. The largest absolute Gasteiger partial charge is 0.369 e. The van der Waals surface area contributed by atoms with E-state index in [9.17, 15) is 19.5 Å². The van der Waals surface area contributed by atoms with E-state index < -0.39 is 15.9 Å². The summed E-state index contributed by atoms with van der Waals surface area (Å²) >= 11 is 16.4. The maximum absolute atomic E-state index is 12.2. The average molecular weight is 422 g/mol. The molecule has 1 aliphatic rings. The van der Waals surface area contributed by atoms with Gasteiger partial charge in [-0.2, -0.15) is 0 Å². The molecule has 6 nitrogen and oxygen atoms in total. The SMILES string of the molecule is O=C(CCCCCCN1C(=O)c2ccccc2C1=O)N[C@@H](O)C(Cl)(Cl)Cl. The smallest absolute Gasteiger partial charge is 0.261 e. The first-order valence-electron chi connectivity index (χ1n) is 8.21. The maximum atomic E-state index is 12.2. The lowest BCUT2D eigenvalue weighted by molar-refractivity contribution is -0.124. The Bertz CT molecular complexity index is 656. The van der Waals surface area contributed by atoms with Crippen LogP contribution < -0.4 is 5.32 Å². The molecule has 0 fully saturated rings. The first-order chi connectivity index (χ1) is 12.2. The van der Waals surface area contributed by atoms with E-state index in [4.69, 9.17) is 34.8 Å². The third-order valence-electron chi connectivity index (χ3n) is 4.02. The fourth-order valence-electron chi connectivity index (χ4n) is 2.66. The second-order valence-electron chi connectivity index (χ2n) is 5.98. The fourth-order valence-corrected chi connectivity index (χ4v) is 2.82. The van der Waals surface area contributed by atoms with Gasteiger partial charge in [-0.05, 0) is 25.0 Å². The van der Waals surface area contributed by atoms with Gasteiger partial charge in [0.15, 0.2) is 6.23 Å². The lowest BCUT2D eigenvalue weighted by Crippen LogP contribution is -2.43. The normalized spacial score (nSPS) is 15.2. The van der Waals surface area contributed by atoms with Crippen LogP contribution in [0.3, 0.4) is 0 Å². The molecule has 0 saturated heterocycles. The fraction of sp³-hybridized carbons (Fsp3) is 0.471. The van der Waals surface area contributed by atoms with Gasteiger partial charge in [-0.3, -0.25) is 19.3 Å². The molecule has 9 heteroatoms.